The molecule has 3 rings (SSSR count). The maximum Gasteiger partial charge on any atom is 0.341 e. The van der Waals surface area contributed by atoms with Crippen LogP contribution in [0.3, 0.4) is 0 Å². The van der Waals surface area contributed by atoms with E-state index < -0.39 is 23.8 Å². The predicted octanol–water partition coefficient (Wildman–Crippen LogP) is 7.76. The summed E-state index contributed by atoms with van der Waals surface area (Å²) >= 11 is 0. The molecule has 0 radical (unpaired) electrons. The first-order chi connectivity index (χ1) is 16.3. The first-order valence-electron chi connectivity index (χ1n) is 12.4. The Bertz CT molecular complexity index is 937. The zero-order chi connectivity index (χ0) is 24.7. The molecule has 1 saturated carbocycles. The highest BCUT2D eigenvalue weighted by atomic mass is 19.2. The van der Waals surface area contributed by atoms with Crippen molar-refractivity contribution >= 4 is 5.97 Å². The van der Waals surface area contributed by atoms with Gasteiger partial charge in [-0.25, -0.2) is 13.6 Å². The number of halogens is 3. The Labute approximate surface area is 200 Å². The summed E-state index contributed by atoms with van der Waals surface area (Å²) in [6, 6.07) is 10.5. The molecule has 1 aliphatic rings. The lowest BCUT2D eigenvalue weighted by atomic mass is 9.82. The van der Waals surface area contributed by atoms with Crippen LogP contribution < -0.4 is 4.74 Å². The fourth-order valence-electron chi connectivity index (χ4n) is 4.31. The first-order valence-corrected chi connectivity index (χ1v) is 12.4. The number of benzene rings is 2. The molecule has 2 atom stereocenters. The molecule has 0 unspecified atom stereocenters. The van der Waals surface area contributed by atoms with Gasteiger partial charge in [0.15, 0.2) is 17.7 Å². The van der Waals surface area contributed by atoms with Crippen LogP contribution in [0, 0.1) is 17.6 Å². The molecule has 0 bridgehead atoms. The molecule has 1 fully saturated rings. The maximum atomic E-state index is 14.7. The normalized spacial score (nSPS) is 19.9. The van der Waals surface area contributed by atoms with E-state index in [9.17, 15) is 18.0 Å². The van der Waals surface area contributed by atoms with Gasteiger partial charge in [0.05, 0.1) is 6.61 Å². The standard InChI is InChI=1S/C28H35F3O3/c1-4-6-17-33-24-16-15-23(26(30)27(24)31)21-9-7-19(8-10-21)20-11-13-22(14-12-20)34-28(32)25(29)18(3)5-2/h7-10,15-16,18,20,22,25H,4-6,11-14,17H2,1-3H3/t18-,20-,22-,25-/m0/s1. The van der Waals surface area contributed by atoms with Crippen LogP contribution in [-0.2, 0) is 9.53 Å². The highest BCUT2D eigenvalue weighted by Gasteiger charge is 2.30. The molecule has 3 nitrogen and oxygen atoms in total. The van der Waals surface area contributed by atoms with E-state index in [1.54, 1.807) is 25.1 Å². The van der Waals surface area contributed by atoms with Crippen molar-refractivity contribution in [2.24, 2.45) is 5.92 Å². The van der Waals surface area contributed by atoms with Crippen molar-refractivity contribution < 1.29 is 27.4 Å². The molecule has 186 valence electrons. The average Bonchev–Trinajstić information content (AvgIpc) is 2.86. The SMILES string of the molecule is CCCCOc1ccc(-c2ccc([C@H]3CC[C@H](OC(=O)[C@@H](F)[C@@H](C)CC)CC3)cc2)c(F)c1F. The Morgan fingerprint density at radius 1 is 1.00 bits per heavy atom. The summed E-state index contributed by atoms with van der Waals surface area (Å²) in [5.74, 6) is -2.74. The first kappa shape index (κ1) is 26.1. The van der Waals surface area contributed by atoms with Gasteiger partial charge in [-0.15, -0.1) is 0 Å². The third-order valence-electron chi connectivity index (χ3n) is 6.82. The molecular weight excluding hydrogens is 441 g/mol. The minimum Gasteiger partial charge on any atom is -0.490 e. The molecule has 0 heterocycles. The van der Waals surface area contributed by atoms with Gasteiger partial charge in [-0.05, 0) is 67.2 Å². The molecule has 0 aromatic heterocycles. The molecule has 2 aromatic carbocycles. The van der Waals surface area contributed by atoms with E-state index in [0.29, 0.717) is 31.4 Å². The van der Waals surface area contributed by atoms with Crippen molar-refractivity contribution in [3.05, 3.63) is 53.6 Å². The number of unbranched alkanes of at least 4 members (excludes halogenated alkanes) is 1. The number of carbonyl (C=O) groups excluding carboxylic acids is 1. The highest BCUT2D eigenvalue weighted by molar-refractivity contribution is 5.75. The molecule has 0 aliphatic heterocycles. The lowest BCUT2D eigenvalue weighted by molar-refractivity contribution is -0.158. The van der Waals surface area contributed by atoms with E-state index in [-0.39, 0.29) is 29.3 Å². The van der Waals surface area contributed by atoms with Crippen molar-refractivity contribution in [1.29, 1.82) is 0 Å². The zero-order valence-electron chi connectivity index (χ0n) is 20.3. The second-order valence-corrected chi connectivity index (χ2v) is 9.26. The maximum absolute atomic E-state index is 14.7. The van der Waals surface area contributed by atoms with Crippen LogP contribution >= 0.6 is 0 Å². The fraction of sp³-hybridized carbons (Fsp3) is 0.536. The van der Waals surface area contributed by atoms with Crippen LogP contribution in [0.2, 0.25) is 0 Å². The summed E-state index contributed by atoms with van der Waals surface area (Å²) in [6.07, 6.45) is 3.48. The van der Waals surface area contributed by atoms with Crippen molar-refractivity contribution in [2.75, 3.05) is 6.61 Å². The Morgan fingerprint density at radius 3 is 2.29 bits per heavy atom. The number of carbonyl (C=O) groups is 1. The largest absolute Gasteiger partial charge is 0.490 e. The molecule has 34 heavy (non-hydrogen) atoms. The molecule has 1 aliphatic carbocycles. The minimum atomic E-state index is -1.57. The van der Waals surface area contributed by atoms with Crippen molar-refractivity contribution in [1.82, 2.24) is 0 Å². The second kappa shape index (κ2) is 12.3. The summed E-state index contributed by atoms with van der Waals surface area (Å²) in [5.41, 5.74) is 1.91. The van der Waals surface area contributed by atoms with Crippen molar-refractivity contribution in [3.63, 3.8) is 0 Å². The van der Waals surface area contributed by atoms with Crippen molar-refractivity contribution in [2.45, 2.75) is 83.9 Å². The molecule has 6 heteroatoms. The molecule has 0 saturated heterocycles. The molecule has 0 N–H and O–H groups in total. The van der Waals surface area contributed by atoms with Gasteiger partial charge in [0.25, 0.3) is 0 Å². The van der Waals surface area contributed by atoms with Crippen LogP contribution in [-0.4, -0.2) is 24.9 Å². The van der Waals surface area contributed by atoms with E-state index in [4.69, 9.17) is 9.47 Å². The summed E-state index contributed by atoms with van der Waals surface area (Å²) in [4.78, 5) is 12.0. The van der Waals surface area contributed by atoms with E-state index in [2.05, 4.69) is 0 Å². The van der Waals surface area contributed by atoms with Gasteiger partial charge >= 0.3 is 5.97 Å². The van der Waals surface area contributed by atoms with Gasteiger partial charge < -0.3 is 9.47 Å². The molecule has 0 spiro atoms. The van der Waals surface area contributed by atoms with Crippen molar-refractivity contribution in [3.8, 4) is 16.9 Å². The van der Waals surface area contributed by atoms with Gasteiger partial charge in [-0.1, -0.05) is 57.9 Å². The minimum absolute atomic E-state index is 0.0630. The molecular formula is C28H35F3O3. The smallest absolute Gasteiger partial charge is 0.341 e. The van der Waals surface area contributed by atoms with E-state index in [1.165, 1.54) is 6.07 Å². The van der Waals surface area contributed by atoms with Gasteiger partial charge in [0.2, 0.25) is 5.82 Å². The molecule has 2 aromatic rings. The molecule has 0 amide bonds. The summed E-state index contributed by atoms with van der Waals surface area (Å²) in [7, 11) is 0. The Hall–Kier alpha value is -2.50. The highest BCUT2D eigenvalue weighted by Crippen LogP contribution is 2.36. The Balaban J connectivity index is 1.58. The zero-order valence-corrected chi connectivity index (χ0v) is 20.3. The van der Waals surface area contributed by atoms with E-state index in [1.807, 2.05) is 26.0 Å². The third kappa shape index (κ3) is 6.34. The number of hydrogen-bond acceptors (Lipinski definition) is 3. The summed E-state index contributed by atoms with van der Waals surface area (Å²) < 4.78 is 53.9. The monoisotopic (exact) mass is 476 g/mol. The lowest BCUT2D eigenvalue weighted by Gasteiger charge is -2.29. The van der Waals surface area contributed by atoms with Gasteiger partial charge in [-0.3, -0.25) is 0 Å². The number of esters is 1. The van der Waals surface area contributed by atoms with Crippen LogP contribution in [0.4, 0.5) is 13.2 Å². The lowest BCUT2D eigenvalue weighted by Crippen LogP contribution is -2.31. The van der Waals surface area contributed by atoms with E-state index in [0.717, 1.165) is 31.2 Å². The predicted molar refractivity (Wildman–Crippen MR) is 128 cm³/mol. The van der Waals surface area contributed by atoms with Crippen LogP contribution in [0.1, 0.15) is 77.2 Å². The summed E-state index contributed by atoms with van der Waals surface area (Å²) in [5, 5.41) is 0. The Kier molecular flexibility index (Phi) is 9.43. The number of alkyl halides is 1. The van der Waals surface area contributed by atoms with Crippen LogP contribution in [0.5, 0.6) is 5.75 Å². The topological polar surface area (TPSA) is 35.5 Å². The quantitative estimate of drug-likeness (QED) is 0.260. The second-order valence-electron chi connectivity index (χ2n) is 9.26. The van der Waals surface area contributed by atoms with Gasteiger partial charge in [-0.2, -0.15) is 4.39 Å². The van der Waals surface area contributed by atoms with Crippen LogP contribution in [0.25, 0.3) is 11.1 Å². The third-order valence-corrected chi connectivity index (χ3v) is 6.82. The average molecular weight is 477 g/mol. The number of ether oxygens (including phenoxy) is 2. The summed E-state index contributed by atoms with van der Waals surface area (Å²) in [6.45, 7) is 5.92. The Morgan fingerprint density at radius 2 is 1.68 bits per heavy atom. The van der Waals surface area contributed by atoms with Crippen LogP contribution in [0.15, 0.2) is 36.4 Å². The number of hydrogen-bond donors (Lipinski definition) is 0. The van der Waals surface area contributed by atoms with E-state index >= 15 is 0 Å². The fourth-order valence-corrected chi connectivity index (χ4v) is 4.31. The van der Waals surface area contributed by atoms with Gasteiger partial charge in [0.1, 0.15) is 6.10 Å². The number of rotatable bonds is 10. The van der Waals surface area contributed by atoms with Gasteiger partial charge in [0, 0.05) is 5.56 Å².